The number of alkyl halides is 3. The molecule has 2 heterocycles. The lowest BCUT2D eigenvalue weighted by atomic mass is 9.97. The maximum Gasteiger partial charge on any atom is 0.573 e. The van der Waals surface area contributed by atoms with E-state index in [4.69, 9.17) is 5.11 Å². The number of carboxylic acid groups (broad SMARTS) is 1. The summed E-state index contributed by atoms with van der Waals surface area (Å²) in [5.41, 5.74) is -0.217. The van der Waals surface area contributed by atoms with Crippen LogP contribution in [0.25, 0.3) is 0 Å². The molecule has 1 aromatic carbocycles. The molecule has 1 aliphatic heterocycles. The van der Waals surface area contributed by atoms with Crippen LogP contribution in [0.4, 0.5) is 36.2 Å². The van der Waals surface area contributed by atoms with Crippen molar-refractivity contribution in [1.82, 2.24) is 9.97 Å². The highest BCUT2D eigenvalue weighted by atomic mass is 79.9. The van der Waals surface area contributed by atoms with Gasteiger partial charge in [-0.15, -0.1) is 13.2 Å². The third-order valence-corrected chi connectivity index (χ3v) is 5.21. The Morgan fingerprint density at radius 2 is 2.00 bits per heavy atom. The third kappa shape index (κ3) is 5.51. The van der Waals surface area contributed by atoms with E-state index in [9.17, 15) is 28.1 Å². The first-order valence-corrected chi connectivity index (χ1v) is 9.64. The van der Waals surface area contributed by atoms with Crippen LogP contribution in [0.3, 0.4) is 0 Å². The van der Waals surface area contributed by atoms with E-state index in [0.717, 1.165) is 18.5 Å². The fourth-order valence-electron chi connectivity index (χ4n) is 3.12. The van der Waals surface area contributed by atoms with Crippen LogP contribution in [-0.2, 0) is 4.79 Å². The van der Waals surface area contributed by atoms with Crippen molar-refractivity contribution in [1.29, 1.82) is 0 Å². The minimum absolute atomic E-state index is 0.0273. The van der Waals surface area contributed by atoms with Gasteiger partial charge in [0, 0.05) is 17.6 Å². The SMILES string of the molecule is O=C(O)C1CCN(c2ncnc(Nc3ccc(OC(F)(F)F)cc3Br)c2[N+](=O)[O-])CC1. The first-order valence-electron chi connectivity index (χ1n) is 8.84. The number of halogens is 4. The van der Waals surface area contributed by atoms with Crippen molar-refractivity contribution in [3.05, 3.63) is 39.1 Å². The monoisotopic (exact) mass is 505 g/mol. The van der Waals surface area contributed by atoms with Gasteiger partial charge in [-0.2, -0.15) is 0 Å². The van der Waals surface area contributed by atoms with Gasteiger partial charge in [0.05, 0.1) is 16.5 Å². The number of hydrogen-bond acceptors (Lipinski definition) is 8. The summed E-state index contributed by atoms with van der Waals surface area (Å²) in [5, 5.41) is 23.6. The summed E-state index contributed by atoms with van der Waals surface area (Å²) in [5.74, 6) is -2.05. The fraction of sp³-hybridized carbons (Fsp3) is 0.353. The molecule has 0 spiro atoms. The maximum absolute atomic E-state index is 12.4. The minimum Gasteiger partial charge on any atom is -0.481 e. The molecule has 1 aliphatic rings. The minimum atomic E-state index is -4.86. The molecule has 2 N–H and O–H groups in total. The second-order valence-electron chi connectivity index (χ2n) is 6.57. The first-order chi connectivity index (χ1) is 14.5. The molecule has 0 saturated carbocycles. The lowest BCUT2D eigenvalue weighted by molar-refractivity contribution is -0.383. The molecule has 0 aliphatic carbocycles. The molecule has 2 aromatic rings. The summed E-state index contributed by atoms with van der Waals surface area (Å²) in [6, 6.07) is 3.35. The van der Waals surface area contributed by atoms with Gasteiger partial charge >= 0.3 is 18.0 Å². The smallest absolute Gasteiger partial charge is 0.481 e. The zero-order valence-electron chi connectivity index (χ0n) is 15.6. The van der Waals surface area contributed by atoms with Crippen LogP contribution in [0.2, 0.25) is 0 Å². The van der Waals surface area contributed by atoms with Crippen molar-refractivity contribution < 1.29 is 32.7 Å². The number of carboxylic acids is 1. The van der Waals surface area contributed by atoms with Crippen LogP contribution in [-0.4, -0.2) is 45.4 Å². The largest absolute Gasteiger partial charge is 0.573 e. The van der Waals surface area contributed by atoms with E-state index in [1.165, 1.54) is 6.07 Å². The van der Waals surface area contributed by atoms with Gasteiger partial charge < -0.3 is 20.1 Å². The van der Waals surface area contributed by atoms with Crippen molar-refractivity contribution in [3.63, 3.8) is 0 Å². The number of nitro groups is 1. The molecule has 3 rings (SSSR count). The van der Waals surface area contributed by atoms with Gasteiger partial charge in [0.15, 0.2) is 0 Å². The van der Waals surface area contributed by atoms with Crippen LogP contribution in [0.5, 0.6) is 5.75 Å². The number of ether oxygens (including phenoxy) is 1. The molecule has 0 bridgehead atoms. The highest BCUT2D eigenvalue weighted by Crippen LogP contribution is 2.38. The van der Waals surface area contributed by atoms with Crippen molar-refractivity contribution in [2.75, 3.05) is 23.3 Å². The number of anilines is 3. The lowest BCUT2D eigenvalue weighted by Crippen LogP contribution is -2.37. The van der Waals surface area contributed by atoms with E-state index >= 15 is 0 Å². The molecule has 1 fully saturated rings. The number of aromatic nitrogens is 2. The Kier molecular flexibility index (Phi) is 6.48. The predicted molar refractivity (Wildman–Crippen MR) is 105 cm³/mol. The van der Waals surface area contributed by atoms with Crippen molar-refractivity contribution >= 4 is 44.9 Å². The summed E-state index contributed by atoms with van der Waals surface area (Å²) < 4.78 is 41.1. The van der Waals surface area contributed by atoms with Crippen LogP contribution in [0.15, 0.2) is 29.0 Å². The summed E-state index contributed by atoms with van der Waals surface area (Å²) in [6.07, 6.45) is -3.12. The Morgan fingerprint density at radius 1 is 1.32 bits per heavy atom. The molecule has 1 aromatic heterocycles. The molecule has 0 radical (unpaired) electrons. The summed E-state index contributed by atoms with van der Waals surface area (Å²) in [7, 11) is 0. The molecule has 0 amide bonds. The Balaban J connectivity index is 1.87. The normalized spacial score (nSPS) is 14.9. The van der Waals surface area contributed by atoms with Gasteiger partial charge in [-0.25, -0.2) is 9.97 Å². The van der Waals surface area contributed by atoms with Crippen LogP contribution in [0, 0.1) is 16.0 Å². The second kappa shape index (κ2) is 8.91. The lowest BCUT2D eigenvalue weighted by Gasteiger charge is -2.30. The number of aliphatic carboxylic acids is 1. The standard InChI is InChI=1S/C17H15BrF3N5O5/c18-11-7-10(31-17(19,20)21)1-2-12(11)24-14-13(26(29)30)15(23-8-22-14)25-5-3-9(4-6-25)16(27)28/h1-2,7-9H,3-6H2,(H,27,28)(H,22,23,24). The fourth-order valence-corrected chi connectivity index (χ4v) is 3.58. The first kappa shape index (κ1) is 22.5. The topological polar surface area (TPSA) is 131 Å². The highest BCUT2D eigenvalue weighted by molar-refractivity contribution is 9.10. The van der Waals surface area contributed by atoms with E-state index in [0.29, 0.717) is 12.8 Å². The molecule has 0 atom stereocenters. The van der Waals surface area contributed by atoms with E-state index in [1.807, 2.05) is 0 Å². The third-order valence-electron chi connectivity index (χ3n) is 4.56. The average molecular weight is 506 g/mol. The Morgan fingerprint density at radius 3 is 2.55 bits per heavy atom. The van der Waals surface area contributed by atoms with E-state index in [1.54, 1.807) is 4.90 Å². The Bertz CT molecular complexity index is 999. The number of carbonyl (C=O) groups is 1. The second-order valence-corrected chi connectivity index (χ2v) is 7.42. The number of nitrogens with one attached hydrogen (secondary N) is 1. The zero-order valence-corrected chi connectivity index (χ0v) is 17.2. The van der Waals surface area contributed by atoms with Crippen molar-refractivity contribution in [2.24, 2.45) is 5.92 Å². The quantitative estimate of drug-likeness (QED) is 0.440. The van der Waals surface area contributed by atoms with Crippen LogP contribution in [0.1, 0.15) is 12.8 Å². The van der Waals surface area contributed by atoms with E-state index in [2.05, 4.69) is 36.0 Å². The van der Waals surface area contributed by atoms with Crippen LogP contribution < -0.4 is 15.0 Å². The molecule has 0 unspecified atom stereocenters. The Labute approximate surface area is 181 Å². The van der Waals surface area contributed by atoms with Gasteiger partial charge in [-0.3, -0.25) is 14.9 Å². The van der Waals surface area contributed by atoms with E-state index in [-0.39, 0.29) is 34.9 Å². The molecular formula is C17H15BrF3N5O5. The Hall–Kier alpha value is -3.16. The zero-order chi connectivity index (χ0) is 22.8. The van der Waals surface area contributed by atoms with Gasteiger partial charge in [0.25, 0.3) is 0 Å². The molecule has 14 heteroatoms. The molecule has 10 nitrogen and oxygen atoms in total. The number of nitrogens with zero attached hydrogens (tertiary/aromatic N) is 4. The molecule has 166 valence electrons. The summed E-state index contributed by atoms with van der Waals surface area (Å²) in [6.45, 7) is 0.531. The van der Waals surface area contributed by atoms with E-state index < -0.39 is 34.6 Å². The van der Waals surface area contributed by atoms with Crippen molar-refractivity contribution in [3.8, 4) is 5.75 Å². The number of piperidine rings is 1. The average Bonchev–Trinajstić information content (AvgIpc) is 2.68. The summed E-state index contributed by atoms with van der Waals surface area (Å²) in [4.78, 5) is 31.7. The summed E-state index contributed by atoms with van der Waals surface area (Å²) >= 11 is 3.10. The highest BCUT2D eigenvalue weighted by Gasteiger charge is 2.33. The van der Waals surface area contributed by atoms with Gasteiger partial charge in [0.1, 0.15) is 12.1 Å². The van der Waals surface area contributed by atoms with Gasteiger partial charge in [0.2, 0.25) is 11.6 Å². The van der Waals surface area contributed by atoms with Crippen molar-refractivity contribution in [2.45, 2.75) is 19.2 Å². The number of hydrogen-bond donors (Lipinski definition) is 2. The molecule has 31 heavy (non-hydrogen) atoms. The number of rotatable bonds is 6. The maximum atomic E-state index is 12.4. The van der Waals surface area contributed by atoms with Crippen LogP contribution >= 0.6 is 15.9 Å². The molecule has 1 saturated heterocycles. The number of benzene rings is 1. The molecular weight excluding hydrogens is 491 g/mol. The van der Waals surface area contributed by atoms with Gasteiger partial charge in [-0.05, 0) is 47.0 Å². The van der Waals surface area contributed by atoms with Gasteiger partial charge in [-0.1, -0.05) is 0 Å². The predicted octanol–water partition coefficient (Wildman–Crippen LogP) is 4.09.